The third kappa shape index (κ3) is 4.33. The van der Waals surface area contributed by atoms with Gasteiger partial charge in [-0.2, -0.15) is 4.31 Å². The van der Waals surface area contributed by atoms with E-state index in [0.29, 0.717) is 43.2 Å². The number of piperazine rings is 1. The first kappa shape index (κ1) is 20.8. The predicted octanol–water partition coefficient (Wildman–Crippen LogP) is 3.45. The summed E-state index contributed by atoms with van der Waals surface area (Å²) in [5.74, 6) is 0.871. The van der Waals surface area contributed by atoms with Crippen LogP contribution < -0.4 is 4.74 Å². The molecule has 158 valence electrons. The molecule has 0 unspecified atom stereocenters. The van der Waals surface area contributed by atoms with Crippen molar-refractivity contribution >= 4 is 20.9 Å². The van der Waals surface area contributed by atoms with Crippen LogP contribution in [0.15, 0.2) is 59.6 Å². The van der Waals surface area contributed by atoms with Crippen molar-refractivity contribution in [2.75, 3.05) is 32.8 Å². The smallest absolute Gasteiger partial charge is 0.245 e. The van der Waals surface area contributed by atoms with Gasteiger partial charge in [0.1, 0.15) is 10.6 Å². The molecular weight excluding hydrogens is 398 g/mol. The Balaban J connectivity index is 1.44. The largest absolute Gasteiger partial charge is 0.494 e. The standard InChI is InChI=1S/C23H27N3O3S/c1-3-29-21-9-7-19(8-10-21)17-25-11-13-26(14-12-25)30(27,28)22-6-4-5-20-15-18(2)16-24-23(20)22/h4-10,15-16H,3,11-14,17H2,1-2H3. The van der Waals surface area contributed by atoms with E-state index in [1.807, 2.05) is 38.1 Å². The van der Waals surface area contributed by atoms with Crippen LogP contribution >= 0.6 is 0 Å². The minimum Gasteiger partial charge on any atom is -0.494 e. The van der Waals surface area contributed by atoms with Crippen LogP contribution in [0.25, 0.3) is 10.9 Å². The van der Waals surface area contributed by atoms with Gasteiger partial charge in [0.15, 0.2) is 0 Å². The van der Waals surface area contributed by atoms with E-state index >= 15 is 0 Å². The van der Waals surface area contributed by atoms with Gasteiger partial charge in [0.05, 0.1) is 12.1 Å². The zero-order valence-electron chi connectivity index (χ0n) is 17.4. The topological polar surface area (TPSA) is 62.7 Å². The summed E-state index contributed by atoms with van der Waals surface area (Å²) < 4.78 is 33.7. The second-order valence-corrected chi connectivity index (χ2v) is 9.50. The van der Waals surface area contributed by atoms with Crippen molar-refractivity contribution in [3.63, 3.8) is 0 Å². The lowest BCUT2D eigenvalue weighted by Crippen LogP contribution is -2.48. The first-order chi connectivity index (χ1) is 14.5. The number of hydrogen-bond acceptors (Lipinski definition) is 5. The first-order valence-corrected chi connectivity index (χ1v) is 11.7. The molecule has 0 spiro atoms. The van der Waals surface area contributed by atoms with Gasteiger partial charge in [0.25, 0.3) is 0 Å². The van der Waals surface area contributed by atoms with E-state index in [-0.39, 0.29) is 0 Å². The molecule has 7 heteroatoms. The molecule has 2 aromatic carbocycles. The number of fused-ring (bicyclic) bond motifs is 1. The Morgan fingerprint density at radius 3 is 2.47 bits per heavy atom. The maximum atomic E-state index is 13.3. The first-order valence-electron chi connectivity index (χ1n) is 10.3. The highest BCUT2D eigenvalue weighted by Gasteiger charge is 2.30. The fourth-order valence-electron chi connectivity index (χ4n) is 3.83. The summed E-state index contributed by atoms with van der Waals surface area (Å²) in [4.78, 5) is 6.98. The number of nitrogens with zero attached hydrogens (tertiary/aromatic N) is 3. The van der Waals surface area contributed by atoms with Gasteiger partial charge >= 0.3 is 0 Å². The van der Waals surface area contributed by atoms with Gasteiger partial charge in [0, 0.05) is 44.3 Å². The highest BCUT2D eigenvalue weighted by Crippen LogP contribution is 2.26. The quantitative estimate of drug-likeness (QED) is 0.605. The van der Waals surface area contributed by atoms with Crippen molar-refractivity contribution in [1.82, 2.24) is 14.2 Å². The van der Waals surface area contributed by atoms with Crippen molar-refractivity contribution in [2.45, 2.75) is 25.3 Å². The van der Waals surface area contributed by atoms with Crippen molar-refractivity contribution in [3.8, 4) is 5.75 Å². The van der Waals surface area contributed by atoms with Gasteiger partial charge in [-0.3, -0.25) is 9.88 Å². The van der Waals surface area contributed by atoms with Gasteiger partial charge in [-0.1, -0.05) is 24.3 Å². The van der Waals surface area contributed by atoms with E-state index in [1.54, 1.807) is 22.6 Å². The zero-order chi connectivity index (χ0) is 21.1. The van der Waals surface area contributed by atoms with Crippen LogP contribution in [0.1, 0.15) is 18.1 Å². The van der Waals surface area contributed by atoms with Crippen molar-refractivity contribution in [3.05, 3.63) is 65.9 Å². The molecule has 0 amide bonds. The molecule has 0 N–H and O–H groups in total. The number of ether oxygens (including phenoxy) is 1. The van der Waals surface area contributed by atoms with Gasteiger partial charge < -0.3 is 4.74 Å². The lowest BCUT2D eigenvalue weighted by atomic mass is 10.2. The molecule has 6 nitrogen and oxygen atoms in total. The Bertz CT molecular complexity index is 1120. The van der Waals surface area contributed by atoms with Gasteiger partial charge in [-0.25, -0.2) is 8.42 Å². The minimum atomic E-state index is -3.58. The molecule has 1 aromatic heterocycles. The van der Waals surface area contributed by atoms with Crippen LogP contribution in [0.3, 0.4) is 0 Å². The lowest BCUT2D eigenvalue weighted by molar-refractivity contribution is 0.181. The van der Waals surface area contributed by atoms with E-state index in [4.69, 9.17) is 4.74 Å². The summed E-state index contributed by atoms with van der Waals surface area (Å²) in [6.07, 6.45) is 1.72. The lowest BCUT2D eigenvalue weighted by Gasteiger charge is -2.34. The number of aryl methyl sites for hydroxylation is 1. The Morgan fingerprint density at radius 1 is 1.03 bits per heavy atom. The van der Waals surface area contributed by atoms with Crippen LogP contribution in [0, 0.1) is 6.92 Å². The molecule has 1 aliphatic heterocycles. The fourth-order valence-corrected chi connectivity index (χ4v) is 5.42. The Morgan fingerprint density at radius 2 is 1.77 bits per heavy atom. The maximum Gasteiger partial charge on any atom is 0.245 e. The minimum absolute atomic E-state index is 0.292. The molecule has 1 saturated heterocycles. The number of aromatic nitrogens is 1. The Kier molecular flexibility index (Phi) is 6.04. The average molecular weight is 426 g/mol. The van der Waals surface area contributed by atoms with Gasteiger partial charge in [-0.05, 0) is 49.2 Å². The summed E-state index contributed by atoms with van der Waals surface area (Å²) in [7, 11) is -3.58. The number of pyridine rings is 1. The van der Waals surface area contributed by atoms with Crippen LogP contribution in [-0.2, 0) is 16.6 Å². The second kappa shape index (κ2) is 8.71. The molecule has 30 heavy (non-hydrogen) atoms. The average Bonchev–Trinajstić information content (AvgIpc) is 2.75. The predicted molar refractivity (Wildman–Crippen MR) is 118 cm³/mol. The molecule has 0 aliphatic carbocycles. The van der Waals surface area contributed by atoms with Crippen LogP contribution in [0.4, 0.5) is 0 Å². The third-order valence-electron chi connectivity index (χ3n) is 5.40. The maximum absolute atomic E-state index is 13.3. The molecule has 4 rings (SSSR count). The molecule has 1 fully saturated rings. The number of hydrogen-bond donors (Lipinski definition) is 0. The Labute approximate surface area is 178 Å². The highest BCUT2D eigenvalue weighted by molar-refractivity contribution is 7.89. The normalized spacial score (nSPS) is 16.1. The SMILES string of the molecule is CCOc1ccc(CN2CCN(S(=O)(=O)c3cccc4cc(C)cnc34)CC2)cc1. The third-order valence-corrected chi connectivity index (χ3v) is 7.33. The monoisotopic (exact) mass is 425 g/mol. The van der Waals surface area contributed by atoms with E-state index in [2.05, 4.69) is 22.0 Å². The van der Waals surface area contributed by atoms with E-state index in [0.717, 1.165) is 23.2 Å². The zero-order valence-corrected chi connectivity index (χ0v) is 18.2. The van der Waals surface area contributed by atoms with E-state index in [9.17, 15) is 8.42 Å². The van der Waals surface area contributed by atoms with Crippen LogP contribution in [-0.4, -0.2) is 55.4 Å². The molecular formula is C23H27N3O3S. The van der Waals surface area contributed by atoms with Crippen LogP contribution in [0.5, 0.6) is 5.75 Å². The summed E-state index contributed by atoms with van der Waals surface area (Å²) in [5, 5.41) is 0.852. The summed E-state index contributed by atoms with van der Waals surface area (Å²) in [6, 6.07) is 15.4. The summed E-state index contributed by atoms with van der Waals surface area (Å²) in [5.41, 5.74) is 2.75. The van der Waals surface area contributed by atoms with Crippen LogP contribution in [0.2, 0.25) is 0 Å². The van der Waals surface area contributed by atoms with E-state index in [1.165, 1.54) is 5.56 Å². The molecule has 0 atom stereocenters. The molecule has 0 radical (unpaired) electrons. The number of para-hydroxylation sites is 1. The van der Waals surface area contributed by atoms with Crippen molar-refractivity contribution in [1.29, 1.82) is 0 Å². The number of sulfonamides is 1. The summed E-state index contributed by atoms with van der Waals surface area (Å²) >= 11 is 0. The van der Waals surface area contributed by atoms with E-state index < -0.39 is 10.0 Å². The molecule has 0 saturated carbocycles. The fraction of sp³-hybridized carbons (Fsp3) is 0.348. The molecule has 2 heterocycles. The van der Waals surface area contributed by atoms with Gasteiger partial charge in [0.2, 0.25) is 10.0 Å². The van der Waals surface area contributed by atoms with Gasteiger partial charge in [-0.15, -0.1) is 0 Å². The molecule has 1 aliphatic rings. The number of rotatable bonds is 6. The molecule has 0 bridgehead atoms. The number of benzene rings is 2. The molecule has 3 aromatic rings. The van der Waals surface area contributed by atoms with Crippen molar-refractivity contribution < 1.29 is 13.2 Å². The van der Waals surface area contributed by atoms with Crippen molar-refractivity contribution in [2.24, 2.45) is 0 Å². The highest BCUT2D eigenvalue weighted by atomic mass is 32.2. The second-order valence-electron chi connectivity index (χ2n) is 7.60. The summed E-state index contributed by atoms with van der Waals surface area (Å²) in [6.45, 7) is 7.72. The Hall–Kier alpha value is -2.48.